The zero-order valence-electron chi connectivity index (χ0n) is 10.7. The predicted octanol–water partition coefficient (Wildman–Crippen LogP) is 1.88. The lowest BCUT2D eigenvalue weighted by molar-refractivity contribution is -0.145. The summed E-state index contributed by atoms with van der Waals surface area (Å²) in [4.78, 5) is 23.1. The summed E-state index contributed by atoms with van der Waals surface area (Å²) in [6.07, 6.45) is 3.26. The highest BCUT2D eigenvalue weighted by molar-refractivity contribution is 5.85. The molecule has 0 aliphatic carbocycles. The van der Waals surface area contributed by atoms with Crippen molar-refractivity contribution in [2.24, 2.45) is 5.92 Å². The molecule has 94 valence electrons. The fourth-order valence-electron chi connectivity index (χ4n) is 1.56. The summed E-state index contributed by atoms with van der Waals surface area (Å²) in [6, 6.07) is -0.498. The number of esters is 1. The van der Waals surface area contributed by atoms with Crippen LogP contribution >= 0.6 is 0 Å². The van der Waals surface area contributed by atoms with Crippen LogP contribution in [0.5, 0.6) is 0 Å². The maximum atomic E-state index is 11.7. The first-order valence-electron chi connectivity index (χ1n) is 5.94. The Kier molecular flexibility index (Phi) is 7.60. The van der Waals surface area contributed by atoms with Gasteiger partial charge in [-0.2, -0.15) is 0 Å². The van der Waals surface area contributed by atoms with Crippen LogP contribution in [-0.4, -0.2) is 25.0 Å². The number of hydrogen-bond donors (Lipinski definition) is 1. The van der Waals surface area contributed by atoms with E-state index in [2.05, 4.69) is 10.1 Å². The highest BCUT2D eigenvalue weighted by atomic mass is 16.5. The first-order valence-corrected chi connectivity index (χ1v) is 5.94. The molecule has 0 aliphatic heterocycles. The third-order valence-electron chi connectivity index (χ3n) is 2.55. The number of ether oxygens (including phenoxy) is 1. The zero-order chi connectivity index (χ0) is 12.6. The van der Waals surface area contributed by atoms with Crippen LogP contribution in [0.1, 0.15) is 46.5 Å². The van der Waals surface area contributed by atoms with Crippen LogP contribution < -0.4 is 5.32 Å². The minimum Gasteiger partial charge on any atom is -0.467 e. The second-order valence-corrected chi connectivity index (χ2v) is 4.06. The van der Waals surface area contributed by atoms with Crippen LogP contribution in [0.3, 0.4) is 0 Å². The molecule has 0 spiro atoms. The first kappa shape index (κ1) is 14.9. The van der Waals surface area contributed by atoms with Crippen molar-refractivity contribution in [3.05, 3.63) is 0 Å². The predicted molar refractivity (Wildman–Crippen MR) is 62.9 cm³/mol. The van der Waals surface area contributed by atoms with Crippen molar-refractivity contribution in [3.8, 4) is 0 Å². The van der Waals surface area contributed by atoms with E-state index in [4.69, 9.17) is 0 Å². The number of amides is 1. The van der Waals surface area contributed by atoms with Crippen LogP contribution in [0.25, 0.3) is 0 Å². The molecule has 0 fully saturated rings. The molecule has 2 atom stereocenters. The molecule has 0 heterocycles. The van der Waals surface area contributed by atoms with Gasteiger partial charge in [0.2, 0.25) is 5.91 Å². The van der Waals surface area contributed by atoms with E-state index in [0.29, 0.717) is 6.42 Å². The van der Waals surface area contributed by atoms with Gasteiger partial charge in [-0.05, 0) is 12.8 Å². The maximum Gasteiger partial charge on any atom is 0.328 e. The van der Waals surface area contributed by atoms with E-state index in [1.54, 1.807) is 0 Å². The molecule has 0 bridgehead atoms. The van der Waals surface area contributed by atoms with Gasteiger partial charge in [0.15, 0.2) is 0 Å². The van der Waals surface area contributed by atoms with E-state index in [9.17, 15) is 9.59 Å². The molecule has 4 heteroatoms. The lowest BCUT2D eigenvalue weighted by Gasteiger charge is -2.18. The third-order valence-corrected chi connectivity index (χ3v) is 2.55. The summed E-state index contributed by atoms with van der Waals surface area (Å²) in [5.74, 6) is -0.474. The Balaban J connectivity index is 4.27. The summed E-state index contributed by atoms with van der Waals surface area (Å²) in [5.41, 5.74) is 0. The number of methoxy groups -OCH3 is 1. The summed E-state index contributed by atoms with van der Waals surface area (Å²) < 4.78 is 4.65. The molecule has 0 radical (unpaired) electrons. The van der Waals surface area contributed by atoms with E-state index in [1.165, 1.54) is 7.11 Å². The fraction of sp³-hybridized carbons (Fsp3) is 0.833. The molecule has 16 heavy (non-hydrogen) atoms. The molecular formula is C12H23NO3. The van der Waals surface area contributed by atoms with E-state index >= 15 is 0 Å². The maximum absolute atomic E-state index is 11.7. The monoisotopic (exact) mass is 229 g/mol. The van der Waals surface area contributed by atoms with Gasteiger partial charge in [-0.1, -0.05) is 33.6 Å². The Labute approximate surface area is 97.7 Å². The van der Waals surface area contributed by atoms with Gasteiger partial charge in [0.05, 0.1) is 7.11 Å². The molecule has 0 aromatic carbocycles. The number of nitrogens with one attached hydrogen (secondary N) is 1. The average Bonchev–Trinajstić information content (AvgIpc) is 2.27. The highest BCUT2D eigenvalue weighted by Crippen LogP contribution is 2.07. The van der Waals surface area contributed by atoms with Gasteiger partial charge in [0, 0.05) is 5.92 Å². The minimum absolute atomic E-state index is 0.0472. The van der Waals surface area contributed by atoms with Crippen molar-refractivity contribution in [1.29, 1.82) is 0 Å². The Morgan fingerprint density at radius 2 is 1.75 bits per heavy atom. The Morgan fingerprint density at radius 3 is 2.19 bits per heavy atom. The van der Waals surface area contributed by atoms with Gasteiger partial charge in [0.1, 0.15) is 6.04 Å². The summed E-state index contributed by atoms with van der Waals surface area (Å²) >= 11 is 0. The summed E-state index contributed by atoms with van der Waals surface area (Å²) in [7, 11) is 1.34. The lowest BCUT2D eigenvalue weighted by Crippen LogP contribution is -2.43. The van der Waals surface area contributed by atoms with Gasteiger partial charge >= 0.3 is 5.97 Å². The first-order chi connectivity index (χ1) is 7.56. The number of carbonyl (C=O) groups is 2. The van der Waals surface area contributed by atoms with E-state index < -0.39 is 6.04 Å². The van der Waals surface area contributed by atoms with Gasteiger partial charge in [0.25, 0.3) is 0 Å². The van der Waals surface area contributed by atoms with Gasteiger partial charge < -0.3 is 10.1 Å². The third kappa shape index (κ3) is 5.14. The molecule has 1 N–H and O–H groups in total. The second-order valence-electron chi connectivity index (χ2n) is 4.06. The average molecular weight is 229 g/mol. The highest BCUT2D eigenvalue weighted by Gasteiger charge is 2.22. The van der Waals surface area contributed by atoms with Crippen LogP contribution in [0.4, 0.5) is 0 Å². The SMILES string of the molecule is CCC[C@H](NC(=O)[C@@H](C)CCC)C(=O)OC. The van der Waals surface area contributed by atoms with Gasteiger partial charge in [-0.25, -0.2) is 4.79 Å². The largest absolute Gasteiger partial charge is 0.467 e. The second kappa shape index (κ2) is 8.13. The van der Waals surface area contributed by atoms with Gasteiger partial charge in [-0.15, -0.1) is 0 Å². The van der Waals surface area contributed by atoms with Crippen molar-refractivity contribution < 1.29 is 14.3 Å². The van der Waals surface area contributed by atoms with E-state index in [0.717, 1.165) is 19.3 Å². The summed E-state index contributed by atoms with van der Waals surface area (Å²) in [6.45, 7) is 5.88. The van der Waals surface area contributed by atoms with Crippen molar-refractivity contribution in [3.63, 3.8) is 0 Å². The molecule has 0 aliphatic rings. The molecule has 1 amide bonds. The van der Waals surface area contributed by atoms with Crippen LogP contribution in [-0.2, 0) is 14.3 Å². The lowest BCUT2D eigenvalue weighted by atomic mass is 10.0. The van der Waals surface area contributed by atoms with Crippen molar-refractivity contribution in [2.75, 3.05) is 7.11 Å². The molecule has 0 aromatic heterocycles. The van der Waals surface area contributed by atoms with Crippen molar-refractivity contribution in [1.82, 2.24) is 5.32 Å². The minimum atomic E-state index is -0.498. The quantitative estimate of drug-likeness (QED) is 0.678. The Hall–Kier alpha value is -1.06. The zero-order valence-corrected chi connectivity index (χ0v) is 10.7. The number of rotatable bonds is 7. The normalized spacial score (nSPS) is 14.0. The summed E-state index contributed by atoms with van der Waals surface area (Å²) in [5, 5.41) is 2.74. The van der Waals surface area contributed by atoms with E-state index in [-0.39, 0.29) is 17.8 Å². The Bertz CT molecular complexity index is 228. The van der Waals surface area contributed by atoms with Crippen molar-refractivity contribution in [2.45, 2.75) is 52.5 Å². The van der Waals surface area contributed by atoms with Crippen LogP contribution in [0, 0.1) is 5.92 Å². The molecule has 0 aromatic rings. The van der Waals surface area contributed by atoms with Gasteiger partial charge in [-0.3, -0.25) is 4.79 Å². The molecule has 4 nitrogen and oxygen atoms in total. The fourth-order valence-corrected chi connectivity index (χ4v) is 1.56. The van der Waals surface area contributed by atoms with Crippen LogP contribution in [0.2, 0.25) is 0 Å². The molecule has 0 unspecified atom stereocenters. The molecule has 0 rings (SSSR count). The Morgan fingerprint density at radius 1 is 1.19 bits per heavy atom. The molecular weight excluding hydrogens is 206 g/mol. The smallest absolute Gasteiger partial charge is 0.328 e. The van der Waals surface area contributed by atoms with Crippen LogP contribution in [0.15, 0.2) is 0 Å². The number of hydrogen-bond acceptors (Lipinski definition) is 3. The topological polar surface area (TPSA) is 55.4 Å². The molecule has 0 saturated carbocycles. The van der Waals surface area contributed by atoms with Crippen molar-refractivity contribution >= 4 is 11.9 Å². The standard InChI is InChI=1S/C12H23NO3/c1-5-7-9(3)11(14)13-10(8-6-2)12(15)16-4/h9-10H,5-8H2,1-4H3,(H,13,14)/t9-,10-/m0/s1. The molecule has 0 saturated heterocycles. The number of carbonyl (C=O) groups excluding carboxylic acids is 2. The van der Waals surface area contributed by atoms with E-state index in [1.807, 2.05) is 20.8 Å².